The summed E-state index contributed by atoms with van der Waals surface area (Å²) >= 11 is 0. The predicted molar refractivity (Wildman–Crippen MR) is 85.4 cm³/mol. The van der Waals surface area contributed by atoms with E-state index in [-0.39, 0.29) is 12.9 Å². The highest BCUT2D eigenvalue weighted by molar-refractivity contribution is 7.53. The van der Waals surface area contributed by atoms with Crippen molar-refractivity contribution in [3.8, 4) is 0 Å². The molecule has 7 N–H and O–H groups in total. The molecule has 0 aliphatic rings. The van der Waals surface area contributed by atoms with Crippen LogP contribution in [0.15, 0.2) is 0 Å². The van der Waals surface area contributed by atoms with Crippen molar-refractivity contribution >= 4 is 44.5 Å². The Bertz CT molecular complexity index is 693. The van der Waals surface area contributed by atoms with Gasteiger partial charge in [0.25, 0.3) is 12.9 Å². The Morgan fingerprint density at radius 1 is 0.793 bits per heavy atom. The smallest absolute Gasteiger partial charge is 0.340 e. The molecule has 0 aliphatic carbocycles. The van der Waals surface area contributed by atoms with E-state index in [1.54, 1.807) is 0 Å². The van der Waals surface area contributed by atoms with Crippen molar-refractivity contribution in [3.05, 3.63) is 0 Å². The van der Waals surface area contributed by atoms with Crippen LogP contribution >= 0.6 is 7.67 Å². The topological polar surface area (TPSA) is 263 Å². The summed E-state index contributed by atoms with van der Waals surface area (Å²) in [5.41, 5.74) is -5.83. The van der Waals surface area contributed by atoms with Crippen LogP contribution in [0.3, 0.4) is 0 Å². The van der Waals surface area contributed by atoms with E-state index in [4.69, 9.17) is 10.2 Å². The largest absolute Gasteiger partial charge is 0.481 e. The fourth-order valence-corrected chi connectivity index (χ4v) is 3.79. The van der Waals surface area contributed by atoms with Crippen LogP contribution in [0.2, 0.25) is 0 Å². The number of carboxylic acid groups (broad SMARTS) is 4. The third kappa shape index (κ3) is 7.82. The monoisotopic (exact) mass is 444 g/mol. The summed E-state index contributed by atoms with van der Waals surface area (Å²) < 4.78 is 20.9. The predicted octanol–water partition coefficient (Wildman–Crippen LogP) is -2.79. The number of carbonyl (C=O) groups is 6. The molecular weight excluding hydrogens is 427 g/mol. The van der Waals surface area contributed by atoms with Gasteiger partial charge in [0.2, 0.25) is 0 Å². The SMILES string of the molecule is O=COCC(COC=O)(NP(=O)(O)NC(CC(=O)O)(CC(=O)O)C(=O)O)C(=O)O. The first-order valence-electron chi connectivity index (χ1n) is 7.18. The van der Waals surface area contributed by atoms with Gasteiger partial charge in [-0.1, -0.05) is 0 Å². The molecule has 164 valence electrons. The van der Waals surface area contributed by atoms with E-state index in [2.05, 4.69) is 9.47 Å². The molecule has 0 aromatic rings. The van der Waals surface area contributed by atoms with E-state index < -0.39 is 68.7 Å². The molecule has 0 aliphatic heterocycles. The zero-order valence-electron chi connectivity index (χ0n) is 14.3. The highest BCUT2D eigenvalue weighted by Crippen LogP contribution is 2.39. The fraction of sp³-hybridized carbons (Fsp3) is 0.500. The van der Waals surface area contributed by atoms with Gasteiger partial charge < -0.3 is 34.8 Å². The lowest BCUT2D eigenvalue weighted by atomic mass is 9.93. The van der Waals surface area contributed by atoms with Crippen molar-refractivity contribution in [3.63, 3.8) is 0 Å². The summed E-state index contributed by atoms with van der Waals surface area (Å²) in [5, 5.41) is 39.2. The fourth-order valence-electron chi connectivity index (χ4n) is 2.10. The summed E-state index contributed by atoms with van der Waals surface area (Å²) in [4.78, 5) is 75.8. The van der Waals surface area contributed by atoms with Crippen LogP contribution in [0.1, 0.15) is 12.8 Å². The number of hydrogen-bond acceptors (Lipinski definition) is 9. The minimum absolute atomic E-state index is 0.244. The van der Waals surface area contributed by atoms with E-state index in [0.717, 1.165) is 0 Å². The lowest BCUT2D eigenvalue weighted by Crippen LogP contribution is -2.61. The molecule has 0 saturated heterocycles. The summed E-state index contributed by atoms with van der Waals surface area (Å²) in [5.74, 6) is -7.86. The molecule has 0 fully saturated rings. The molecule has 1 unspecified atom stereocenters. The van der Waals surface area contributed by atoms with Crippen molar-refractivity contribution in [2.45, 2.75) is 23.9 Å². The molecule has 0 amide bonds. The maximum Gasteiger partial charge on any atom is 0.340 e. The van der Waals surface area contributed by atoms with Crippen molar-refractivity contribution in [1.29, 1.82) is 0 Å². The Kier molecular flexibility index (Phi) is 9.36. The van der Waals surface area contributed by atoms with Gasteiger partial charge in [0.05, 0.1) is 12.8 Å². The standard InChI is InChI=1S/C12H17N2O14P/c15-5-27-3-12(10(23)24,4-28-6-16)14-29(25,26)13-11(9(21)22,1-7(17)18)2-8(19)20/h5-6H,1-4H2,(H,17,18)(H,19,20)(H,21,22)(H,23,24)(H3,13,14,25,26). The van der Waals surface area contributed by atoms with Crippen LogP contribution in [0.25, 0.3) is 0 Å². The molecule has 0 bridgehead atoms. The van der Waals surface area contributed by atoms with Crippen molar-refractivity contribution in [1.82, 2.24) is 10.2 Å². The van der Waals surface area contributed by atoms with Gasteiger partial charge in [0.15, 0.2) is 5.54 Å². The Balaban J connectivity index is 6.12. The maximum atomic E-state index is 12.5. The van der Waals surface area contributed by atoms with Gasteiger partial charge in [-0.3, -0.25) is 28.5 Å². The van der Waals surface area contributed by atoms with Gasteiger partial charge in [-0.15, -0.1) is 0 Å². The molecule has 16 nitrogen and oxygen atoms in total. The minimum atomic E-state index is -5.42. The van der Waals surface area contributed by atoms with Gasteiger partial charge in [-0.25, -0.2) is 15.0 Å². The number of nitrogens with one attached hydrogen (secondary N) is 2. The van der Waals surface area contributed by atoms with Crippen LogP contribution in [-0.2, 0) is 42.8 Å². The highest BCUT2D eigenvalue weighted by atomic mass is 31.2. The normalized spacial score (nSPS) is 13.6. The van der Waals surface area contributed by atoms with Gasteiger partial charge in [0, 0.05) is 0 Å². The average molecular weight is 444 g/mol. The summed E-state index contributed by atoms with van der Waals surface area (Å²) in [7, 11) is -5.42. The van der Waals surface area contributed by atoms with Crippen LogP contribution in [-0.4, -0.2) is 86.4 Å². The third-order valence-electron chi connectivity index (χ3n) is 3.25. The van der Waals surface area contributed by atoms with Gasteiger partial charge in [-0.2, -0.15) is 0 Å². The molecule has 29 heavy (non-hydrogen) atoms. The second-order valence-corrected chi connectivity index (χ2v) is 7.13. The van der Waals surface area contributed by atoms with Crippen LogP contribution < -0.4 is 10.2 Å². The Labute approximate surface area is 161 Å². The van der Waals surface area contributed by atoms with E-state index in [9.17, 15) is 48.4 Å². The lowest BCUT2D eigenvalue weighted by Gasteiger charge is -2.34. The number of carboxylic acids is 4. The van der Waals surface area contributed by atoms with Gasteiger partial charge in [-0.05, 0) is 0 Å². The second-order valence-electron chi connectivity index (χ2n) is 5.53. The summed E-state index contributed by atoms with van der Waals surface area (Å²) in [6, 6.07) is 0. The quantitative estimate of drug-likeness (QED) is 0.0936. The Morgan fingerprint density at radius 2 is 1.14 bits per heavy atom. The molecule has 0 radical (unpaired) electrons. The molecule has 0 spiro atoms. The molecular formula is C12H17N2O14P. The van der Waals surface area contributed by atoms with E-state index in [0.29, 0.717) is 0 Å². The zero-order valence-corrected chi connectivity index (χ0v) is 15.2. The average Bonchev–Trinajstić information content (AvgIpc) is 2.55. The molecule has 0 heterocycles. The van der Waals surface area contributed by atoms with Crippen molar-refractivity contribution in [2.24, 2.45) is 0 Å². The maximum absolute atomic E-state index is 12.5. The van der Waals surface area contributed by atoms with Gasteiger partial charge in [0.1, 0.15) is 18.8 Å². The molecule has 0 aromatic heterocycles. The Morgan fingerprint density at radius 3 is 1.41 bits per heavy atom. The van der Waals surface area contributed by atoms with Crippen LogP contribution in [0.5, 0.6) is 0 Å². The van der Waals surface area contributed by atoms with E-state index in [1.807, 2.05) is 0 Å². The highest BCUT2D eigenvalue weighted by Gasteiger charge is 2.52. The Hall–Kier alpha value is -3.07. The number of hydrogen-bond donors (Lipinski definition) is 7. The molecule has 1 atom stereocenters. The second kappa shape index (κ2) is 10.5. The van der Waals surface area contributed by atoms with Crippen LogP contribution in [0, 0.1) is 0 Å². The number of aliphatic carboxylic acids is 4. The molecule has 0 saturated carbocycles. The number of ether oxygens (including phenoxy) is 2. The first-order chi connectivity index (χ1) is 13.3. The van der Waals surface area contributed by atoms with Gasteiger partial charge >= 0.3 is 31.5 Å². The first kappa shape index (κ1) is 25.9. The van der Waals surface area contributed by atoms with E-state index in [1.165, 1.54) is 10.2 Å². The van der Waals surface area contributed by atoms with E-state index >= 15 is 0 Å². The van der Waals surface area contributed by atoms with Crippen molar-refractivity contribution < 1.29 is 68.1 Å². The molecule has 0 rings (SSSR count). The molecule has 0 aromatic carbocycles. The van der Waals surface area contributed by atoms with Crippen LogP contribution in [0.4, 0.5) is 0 Å². The zero-order chi connectivity index (χ0) is 22.9. The third-order valence-corrected chi connectivity index (χ3v) is 4.71. The molecule has 17 heteroatoms. The number of rotatable bonds is 16. The summed E-state index contributed by atoms with van der Waals surface area (Å²) in [6.07, 6.45) is -2.98. The van der Waals surface area contributed by atoms with Crippen molar-refractivity contribution in [2.75, 3.05) is 13.2 Å². The lowest BCUT2D eigenvalue weighted by molar-refractivity contribution is -0.155. The first-order valence-corrected chi connectivity index (χ1v) is 8.84. The summed E-state index contributed by atoms with van der Waals surface area (Å²) in [6.45, 7) is -2.87. The number of carbonyl (C=O) groups excluding carboxylic acids is 2. The minimum Gasteiger partial charge on any atom is -0.481 e.